The molecule has 0 spiro atoms. The first kappa shape index (κ1) is 16.3. The molecule has 0 aromatic heterocycles. The molecule has 6 nitrogen and oxygen atoms in total. The molecule has 1 aliphatic heterocycles. The van der Waals surface area contributed by atoms with Crippen molar-refractivity contribution in [3.8, 4) is 0 Å². The van der Waals surface area contributed by atoms with Gasteiger partial charge in [-0.1, -0.05) is 13.3 Å². The Kier molecular flexibility index (Phi) is 6.64. The number of nitrogens with zero attached hydrogens (tertiary/aromatic N) is 1. The second-order valence-corrected chi connectivity index (χ2v) is 7.11. The van der Waals surface area contributed by atoms with Crippen molar-refractivity contribution in [2.24, 2.45) is 0 Å². The summed E-state index contributed by atoms with van der Waals surface area (Å²) in [6.45, 7) is 2.30. The largest absolute Gasteiger partial charge is 0.480 e. The molecule has 8 heteroatoms. The summed E-state index contributed by atoms with van der Waals surface area (Å²) >= 11 is 1.50. The van der Waals surface area contributed by atoms with E-state index in [0.717, 1.165) is 12.8 Å². The van der Waals surface area contributed by atoms with E-state index in [-0.39, 0.29) is 11.4 Å². The van der Waals surface area contributed by atoms with Crippen molar-refractivity contribution in [1.29, 1.82) is 0 Å². The molecule has 0 radical (unpaired) electrons. The number of aliphatic carboxylic acids is 1. The quantitative estimate of drug-likeness (QED) is 0.754. The van der Waals surface area contributed by atoms with Gasteiger partial charge in [0.2, 0.25) is 0 Å². The van der Waals surface area contributed by atoms with Crippen LogP contribution in [-0.2, 0) is 15.6 Å². The maximum atomic E-state index is 12.1. The second kappa shape index (κ2) is 7.74. The molecule has 3 atom stereocenters. The summed E-state index contributed by atoms with van der Waals surface area (Å²) in [4.78, 5) is 24.6. The van der Waals surface area contributed by atoms with E-state index in [0.29, 0.717) is 18.1 Å². The molecule has 0 bridgehead atoms. The van der Waals surface area contributed by atoms with Crippen molar-refractivity contribution in [3.05, 3.63) is 0 Å². The third-order valence-electron chi connectivity index (χ3n) is 2.81. The first-order valence-corrected chi connectivity index (χ1v) is 8.95. The van der Waals surface area contributed by atoms with Crippen LogP contribution in [0.25, 0.3) is 0 Å². The number of amides is 2. The molecule has 1 fully saturated rings. The topological polar surface area (TPSA) is 86.7 Å². The molecular weight excluding hydrogens is 288 g/mol. The van der Waals surface area contributed by atoms with Crippen LogP contribution in [0.15, 0.2) is 0 Å². The zero-order valence-corrected chi connectivity index (χ0v) is 12.8. The minimum absolute atomic E-state index is 0.0850. The minimum atomic E-state index is -0.972. The zero-order chi connectivity index (χ0) is 14.4. The maximum Gasteiger partial charge on any atom is 0.327 e. The van der Waals surface area contributed by atoms with Crippen molar-refractivity contribution in [1.82, 2.24) is 10.2 Å². The van der Waals surface area contributed by atoms with Crippen LogP contribution >= 0.6 is 11.8 Å². The molecule has 1 rings (SSSR count). The smallest absolute Gasteiger partial charge is 0.327 e. The Bertz CT molecular complexity index is 365. The fourth-order valence-corrected chi connectivity index (χ4v) is 3.79. The van der Waals surface area contributed by atoms with E-state index in [1.54, 1.807) is 6.26 Å². The van der Waals surface area contributed by atoms with Gasteiger partial charge in [0.15, 0.2) is 0 Å². The average molecular weight is 308 g/mol. The van der Waals surface area contributed by atoms with Gasteiger partial charge in [-0.2, -0.15) is 0 Å². The lowest BCUT2D eigenvalue weighted by atomic mass is 10.2. The van der Waals surface area contributed by atoms with Crippen LogP contribution in [0.5, 0.6) is 0 Å². The zero-order valence-electron chi connectivity index (χ0n) is 11.1. The number of carboxylic acids is 1. The lowest BCUT2D eigenvalue weighted by molar-refractivity contribution is -0.141. The van der Waals surface area contributed by atoms with Crippen LogP contribution in [0.1, 0.15) is 19.8 Å². The van der Waals surface area contributed by atoms with Gasteiger partial charge in [0.1, 0.15) is 6.04 Å². The summed E-state index contributed by atoms with van der Waals surface area (Å²) in [5.74, 6) is -0.170. The number of rotatable bonds is 6. The van der Waals surface area contributed by atoms with Gasteiger partial charge < -0.3 is 10.4 Å². The summed E-state index contributed by atoms with van der Waals surface area (Å²) in [5.41, 5.74) is 0. The monoisotopic (exact) mass is 308 g/mol. The van der Waals surface area contributed by atoms with Crippen LogP contribution in [-0.4, -0.2) is 61.9 Å². The maximum absolute atomic E-state index is 12.1. The Balaban J connectivity index is 2.63. The van der Waals surface area contributed by atoms with Gasteiger partial charge in [0.25, 0.3) is 0 Å². The summed E-state index contributed by atoms with van der Waals surface area (Å²) < 4.78 is 10.9. The first-order valence-electron chi connectivity index (χ1n) is 6.18. The van der Waals surface area contributed by atoms with E-state index < -0.39 is 22.8 Å². The van der Waals surface area contributed by atoms with Crippen molar-refractivity contribution >= 4 is 34.6 Å². The lowest BCUT2D eigenvalue weighted by Gasteiger charge is -2.27. The molecule has 0 aliphatic carbocycles. The highest BCUT2D eigenvalue weighted by atomic mass is 32.2. The van der Waals surface area contributed by atoms with E-state index in [9.17, 15) is 13.8 Å². The number of carboxylic acid groups (broad SMARTS) is 1. The molecule has 110 valence electrons. The van der Waals surface area contributed by atoms with Gasteiger partial charge in [0.05, 0.1) is 5.37 Å². The van der Waals surface area contributed by atoms with Crippen LogP contribution in [0, 0.1) is 0 Å². The molecule has 2 N–H and O–H groups in total. The summed E-state index contributed by atoms with van der Waals surface area (Å²) in [7, 11) is -0.968. The number of hydrogen-bond acceptors (Lipinski definition) is 4. The third-order valence-corrected chi connectivity index (χ3v) is 4.95. The van der Waals surface area contributed by atoms with Gasteiger partial charge >= 0.3 is 12.0 Å². The number of carbonyl (C=O) groups excluding carboxylic acids is 1. The molecule has 1 aliphatic rings. The SMILES string of the molecule is CCCC1SCC(C(=O)O)N1C(=O)NCCS(C)=O. The summed E-state index contributed by atoms with van der Waals surface area (Å²) in [6, 6.07) is -1.14. The number of urea groups is 1. The van der Waals surface area contributed by atoms with Crippen molar-refractivity contribution in [2.45, 2.75) is 31.2 Å². The van der Waals surface area contributed by atoms with Gasteiger partial charge in [-0.15, -0.1) is 11.8 Å². The third kappa shape index (κ3) is 4.68. The molecule has 1 saturated heterocycles. The van der Waals surface area contributed by atoms with Crippen LogP contribution < -0.4 is 5.32 Å². The van der Waals surface area contributed by atoms with Gasteiger partial charge in [-0.05, 0) is 6.42 Å². The van der Waals surface area contributed by atoms with E-state index in [1.807, 2.05) is 6.92 Å². The molecule has 0 aromatic rings. The van der Waals surface area contributed by atoms with Crippen molar-refractivity contribution in [3.63, 3.8) is 0 Å². The fourth-order valence-electron chi connectivity index (χ4n) is 1.89. The molecular formula is C11H20N2O4S2. The summed E-state index contributed by atoms with van der Waals surface area (Å²) in [5, 5.41) is 11.7. The van der Waals surface area contributed by atoms with Crippen LogP contribution in [0.4, 0.5) is 4.79 Å². The molecule has 0 saturated carbocycles. The second-order valence-electron chi connectivity index (χ2n) is 4.35. The Morgan fingerprint density at radius 2 is 2.21 bits per heavy atom. The standard InChI is InChI=1S/C11H20N2O4S2/c1-3-4-9-13(8(7-18-9)10(14)15)11(16)12-5-6-19(2)17/h8-9H,3-7H2,1-2H3,(H,12,16)(H,14,15). The van der Waals surface area contributed by atoms with E-state index in [2.05, 4.69) is 5.32 Å². The van der Waals surface area contributed by atoms with Crippen molar-refractivity contribution in [2.75, 3.05) is 24.3 Å². The van der Waals surface area contributed by atoms with E-state index >= 15 is 0 Å². The van der Waals surface area contributed by atoms with Crippen molar-refractivity contribution < 1.29 is 18.9 Å². The van der Waals surface area contributed by atoms with Gasteiger partial charge in [-0.25, -0.2) is 9.59 Å². The Morgan fingerprint density at radius 3 is 2.74 bits per heavy atom. The highest BCUT2D eigenvalue weighted by molar-refractivity contribution is 8.00. The lowest BCUT2D eigenvalue weighted by Crippen LogP contribution is -2.50. The molecule has 2 amide bonds. The predicted molar refractivity (Wildman–Crippen MR) is 76.7 cm³/mol. The number of hydrogen-bond donors (Lipinski definition) is 2. The minimum Gasteiger partial charge on any atom is -0.480 e. The normalized spacial score (nSPS) is 24.2. The fraction of sp³-hybridized carbons (Fsp3) is 0.818. The van der Waals surface area contributed by atoms with Crippen LogP contribution in [0.3, 0.4) is 0 Å². The highest BCUT2D eigenvalue weighted by Gasteiger charge is 2.40. The van der Waals surface area contributed by atoms with Crippen LogP contribution in [0.2, 0.25) is 0 Å². The molecule has 3 unspecified atom stereocenters. The molecule has 0 aromatic carbocycles. The summed E-state index contributed by atoms with van der Waals surface area (Å²) in [6.07, 6.45) is 3.24. The number of thioether (sulfide) groups is 1. The Labute approximate surface area is 119 Å². The number of carbonyl (C=O) groups is 2. The van der Waals surface area contributed by atoms with Gasteiger partial charge in [0, 0.05) is 35.1 Å². The predicted octanol–water partition coefficient (Wildman–Crippen LogP) is 0.703. The molecule has 1 heterocycles. The Morgan fingerprint density at radius 1 is 1.53 bits per heavy atom. The first-order chi connectivity index (χ1) is 8.97. The Hall–Kier alpha value is -0.760. The highest BCUT2D eigenvalue weighted by Crippen LogP contribution is 2.32. The molecule has 19 heavy (non-hydrogen) atoms. The number of nitrogens with one attached hydrogen (secondary N) is 1. The van der Waals surface area contributed by atoms with E-state index in [4.69, 9.17) is 5.11 Å². The van der Waals surface area contributed by atoms with E-state index in [1.165, 1.54) is 16.7 Å². The average Bonchev–Trinajstić information content (AvgIpc) is 2.72. The van der Waals surface area contributed by atoms with Gasteiger partial charge in [-0.3, -0.25) is 9.11 Å².